The molecule has 0 aliphatic heterocycles. The van der Waals surface area contributed by atoms with Gasteiger partial charge in [0.25, 0.3) is 0 Å². The molecule has 0 unspecified atom stereocenters. The van der Waals surface area contributed by atoms with Crippen molar-refractivity contribution in [2.24, 2.45) is 0 Å². The van der Waals surface area contributed by atoms with Gasteiger partial charge in [0.05, 0.1) is 13.2 Å². The Labute approximate surface area is 219 Å². The monoisotopic (exact) mass is 496 g/mol. The molecule has 0 bridgehead atoms. The Kier molecular flexibility index (Phi) is 6.65. The highest BCUT2D eigenvalue weighted by molar-refractivity contribution is 6.92. The average Bonchev–Trinajstić information content (AvgIpc) is 2.98. The first-order chi connectivity index (χ1) is 18.3. The second-order valence-corrected chi connectivity index (χ2v) is 12.3. The maximum Gasteiger partial charge on any atom is 0.407 e. The molecule has 6 aromatic rings. The van der Waals surface area contributed by atoms with Crippen molar-refractivity contribution >= 4 is 40.5 Å². The molecule has 0 radical (unpaired) electrons. The molecule has 0 spiro atoms. The third kappa shape index (κ3) is 4.98. The van der Waals surface area contributed by atoms with Gasteiger partial charge in [0.2, 0.25) is 0 Å². The molecule has 180 valence electrons. The van der Waals surface area contributed by atoms with Gasteiger partial charge in [0.15, 0.2) is 0 Å². The van der Waals surface area contributed by atoms with Gasteiger partial charge in [-0.15, -0.1) is 0 Å². The molecule has 0 aliphatic carbocycles. The summed E-state index contributed by atoms with van der Waals surface area (Å²) in [5.74, 6) is 0. The first-order valence-electron chi connectivity index (χ1n) is 12.6. The van der Waals surface area contributed by atoms with Crippen LogP contribution in [0.25, 0.3) is 21.5 Å². The molecule has 0 fully saturated rings. The molecule has 0 aromatic heterocycles. The van der Waals surface area contributed by atoms with E-state index >= 15 is 0 Å². The van der Waals surface area contributed by atoms with Crippen molar-refractivity contribution in [1.82, 2.24) is 0 Å². The van der Waals surface area contributed by atoms with Gasteiger partial charge in [-0.1, -0.05) is 133 Å². The minimum Gasteiger partial charge on any atom is -0.383 e. The van der Waals surface area contributed by atoms with Gasteiger partial charge in [0.1, 0.15) is 0 Å². The third-order valence-electron chi connectivity index (χ3n) is 6.82. The first-order valence-corrected chi connectivity index (χ1v) is 14.5. The molecule has 0 atom stereocenters. The second-order valence-electron chi connectivity index (χ2n) is 9.29. The molecule has 0 saturated heterocycles. The number of fused-ring (bicyclic) bond motifs is 2. The molecule has 6 aromatic carbocycles. The number of benzene rings is 6. The Morgan fingerprint density at radius 2 is 0.757 bits per heavy atom. The van der Waals surface area contributed by atoms with E-state index in [4.69, 9.17) is 8.85 Å². The highest BCUT2D eigenvalue weighted by Gasteiger charge is 2.43. The second kappa shape index (κ2) is 10.5. The van der Waals surface area contributed by atoms with Gasteiger partial charge in [-0.2, -0.15) is 0 Å². The molecule has 37 heavy (non-hydrogen) atoms. The van der Waals surface area contributed by atoms with Gasteiger partial charge in [-0.25, -0.2) is 0 Å². The lowest BCUT2D eigenvalue weighted by molar-refractivity contribution is 0.176. The lowest BCUT2D eigenvalue weighted by Crippen LogP contribution is -2.63. The molecular formula is C34H28O2Si. The predicted molar refractivity (Wildman–Crippen MR) is 155 cm³/mol. The topological polar surface area (TPSA) is 18.5 Å². The van der Waals surface area contributed by atoms with Crippen LogP contribution in [-0.2, 0) is 22.1 Å². The third-order valence-corrected chi connectivity index (χ3v) is 10.1. The number of rotatable bonds is 8. The largest absolute Gasteiger partial charge is 0.407 e. The minimum absolute atomic E-state index is 0.471. The standard InChI is InChI=1S/C34H28O2Si/c1-3-15-33(16-4-1)37(34-17-5-2-6-18-34,35-25-27-19-21-29-11-7-9-13-31(29)23-27)36-26-28-20-22-30-12-8-10-14-32(30)24-28/h1-24H,25-26H2. The van der Waals surface area contributed by atoms with Crippen LogP contribution in [0.4, 0.5) is 0 Å². The average molecular weight is 497 g/mol. The fraction of sp³-hybridized carbons (Fsp3) is 0.0588. The molecule has 0 aliphatic rings. The van der Waals surface area contributed by atoms with Crippen LogP contribution in [0.1, 0.15) is 11.1 Å². The van der Waals surface area contributed by atoms with E-state index in [0.29, 0.717) is 13.2 Å². The zero-order valence-electron chi connectivity index (χ0n) is 20.6. The van der Waals surface area contributed by atoms with Crippen molar-refractivity contribution in [2.75, 3.05) is 0 Å². The normalized spacial score (nSPS) is 11.7. The summed E-state index contributed by atoms with van der Waals surface area (Å²) in [5.41, 5.74) is 2.27. The number of hydrogen-bond acceptors (Lipinski definition) is 2. The van der Waals surface area contributed by atoms with Gasteiger partial charge in [-0.05, 0) is 55.2 Å². The molecule has 0 amide bonds. The highest BCUT2D eigenvalue weighted by atomic mass is 28.4. The summed E-state index contributed by atoms with van der Waals surface area (Å²) in [6.07, 6.45) is 0. The lowest BCUT2D eigenvalue weighted by Gasteiger charge is -2.32. The van der Waals surface area contributed by atoms with E-state index < -0.39 is 8.56 Å². The summed E-state index contributed by atoms with van der Waals surface area (Å²) in [6, 6.07) is 50.8. The van der Waals surface area contributed by atoms with E-state index in [1.54, 1.807) is 0 Å². The Morgan fingerprint density at radius 3 is 1.19 bits per heavy atom. The van der Waals surface area contributed by atoms with Gasteiger partial charge >= 0.3 is 8.56 Å². The summed E-state index contributed by atoms with van der Waals surface area (Å²) >= 11 is 0. The fourth-order valence-electron chi connectivity index (χ4n) is 4.88. The smallest absolute Gasteiger partial charge is 0.383 e. The zero-order chi connectivity index (χ0) is 24.9. The van der Waals surface area contributed by atoms with Crippen molar-refractivity contribution in [3.05, 3.63) is 157 Å². The van der Waals surface area contributed by atoms with Crippen LogP contribution in [0, 0.1) is 0 Å². The van der Waals surface area contributed by atoms with Crippen molar-refractivity contribution in [3.8, 4) is 0 Å². The summed E-state index contributed by atoms with van der Waals surface area (Å²) in [6.45, 7) is 0.942. The van der Waals surface area contributed by atoms with E-state index in [1.165, 1.54) is 21.5 Å². The van der Waals surface area contributed by atoms with E-state index in [-0.39, 0.29) is 0 Å². The molecule has 6 rings (SSSR count). The van der Waals surface area contributed by atoms with Crippen LogP contribution in [0.5, 0.6) is 0 Å². The predicted octanol–water partition coefficient (Wildman–Crippen LogP) is 6.98. The quantitative estimate of drug-likeness (QED) is 0.212. The lowest BCUT2D eigenvalue weighted by atomic mass is 10.1. The van der Waals surface area contributed by atoms with E-state index in [1.807, 2.05) is 12.1 Å². The van der Waals surface area contributed by atoms with Crippen LogP contribution in [0.3, 0.4) is 0 Å². The minimum atomic E-state index is -3.05. The van der Waals surface area contributed by atoms with Crippen LogP contribution >= 0.6 is 0 Å². The maximum atomic E-state index is 6.96. The first kappa shape index (κ1) is 23.4. The van der Waals surface area contributed by atoms with Crippen LogP contribution in [-0.4, -0.2) is 8.56 Å². The molecular weight excluding hydrogens is 468 g/mol. The van der Waals surface area contributed by atoms with Crippen molar-refractivity contribution < 1.29 is 8.85 Å². The van der Waals surface area contributed by atoms with E-state index in [0.717, 1.165) is 21.5 Å². The van der Waals surface area contributed by atoms with Crippen molar-refractivity contribution in [3.63, 3.8) is 0 Å². The SMILES string of the molecule is c1ccc([Si](OCc2ccc3ccccc3c2)(OCc2ccc3ccccc3c2)c2ccccc2)cc1. The summed E-state index contributed by atoms with van der Waals surface area (Å²) in [7, 11) is -3.05. The molecule has 3 heteroatoms. The Balaban J connectivity index is 1.38. The summed E-state index contributed by atoms with van der Waals surface area (Å²) in [5, 5.41) is 7.09. The fourth-order valence-corrected chi connectivity index (χ4v) is 7.97. The van der Waals surface area contributed by atoms with Gasteiger partial charge < -0.3 is 8.85 Å². The molecule has 0 saturated carbocycles. The van der Waals surface area contributed by atoms with Crippen LogP contribution in [0.15, 0.2) is 146 Å². The van der Waals surface area contributed by atoms with E-state index in [2.05, 4.69) is 133 Å². The Bertz CT molecular complexity index is 1510. The van der Waals surface area contributed by atoms with Gasteiger partial charge in [0, 0.05) is 0 Å². The highest BCUT2D eigenvalue weighted by Crippen LogP contribution is 2.21. The van der Waals surface area contributed by atoms with Crippen molar-refractivity contribution in [2.45, 2.75) is 13.2 Å². The summed E-state index contributed by atoms with van der Waals surface area (Å²) in [4.78, 5) is 0. The van der Waals surface area contributed by atoms with Crippen molar-refractivity contribution in [1.29, 1.82) is 0 Å². The van der Waals surface area contributed by atoms with Gasteiger partial charge in [-0.3, -0.25) is 0 Å². The molecule has 0 N–H and O–H groups in total. The van der Waals surface area contributed by atoms with Crippen LogP contribution in [0.2, 0.25) is 0 Å². The zero-order valence-corrected chi connectivity index (χ0v) is 21.6. The molecule has 2 nitrogen and oxygen atoms in total. The van der Waals surface area contributed by atoms with E-state index in [9.17, 15) is 0 Å². The summed E-state index contributed by atoms with van der Waals surface area (Å²) < 4.78 is 13.9. The Morgan fingerprint density at radius 1 is 0.378 bits per heavy atom. The molecule has 0 heterocycles. The number of hydrogen-bond donors (Lipinski definition) is 0. The van der Waals surface area contributed by atoms with Crippen LogP contribution < -0.4 is 10.4 Å². The Hall–Kier alpha value is -4.02. The maximum absolute atomic E-state index is 6.96.